The average molecular weight is 198 g/mol. The topological polar surface area (TPSA) is 26.0 Å². The number of halogens is 1. The van der Waals surface area contributed by atoms with Gasteiger partial charge < -0.3 is 5.73 Å². The third-order valence-corrected chi connectivity index (χ3v) is 2.54. The Kier molecular flexibility index (Phi) is 3.34. The molecule has 0 aliphatic carbocycles. The Morgan fingerprint density at radius 3 is 2.38 bits per heavy atom. The third-order valence-electron chi connectivity index (χ3n) is 2.31. The number of nitrogens with two attached hydrogens (primary N) is 1. The highest BCUT2D eigenvalue weighted by molar-refractivity contribution is 6.30. The molecule has 0 saturated heterocycles. The molecule has 1 nitrogen and oxygen atoms in total. The van der Waals surface area contributed by atoms with Crippen LogP contribution in [0.2, 0.25) is 5.02 Å². The van der Waals surface area contributed by atoms with Crippen molar-refractivity contribution >= 4 is 11.6 Å². The fraction of sp³-hybridized carbons (Fsp3) is 0.455. The van der Waals surface area contributed by atoms with Crippen molar-refractivity contribution < 1.29 is 0 Å². The first-order valence-corrected chi connectivity index (χ1v) is 4.92. The molecule has 0 spiro atoms. The van der Waals surface area contributed by atoms with Gasteiger partial charge in [0.15, 0.2) is 0 Å². The number of rotatable bonds is 2. The summed E-state index contributed by atoms with van der Waals surface area (Å²) in [6.07, 6.45) is 0. The van der Waals surface area contributed by atoms with Crippen LogP contribution in [-0.2, 0) is 0 Å². The summed E-state index contributed by atoms with van der Waals surface area (Å²) in [5, 5.41) is 0.775. The predicted molar refractivity (Wildman–Crippen MR) is 58.0 cm³/mol. The molecular formula is C11H16ClN. The lowest BCUT2D eigenvalue weighted by Gasteiger charge is -2.18. The van der Waals surface area contributed by atoms with Crippen molar-refractivity contribution in [3.8, 4) is 0 Å². The summed E-state index contributed by atoms with van der Waals surface area (Å²) in [5.41, 5.74) is 8.41. The van der Waals surface area contributed by atoms with Crippen LogP contribution in [0.3, 0.4) is 0 Å². The Balaban J connectivity index is 3.01. The molecule has 0 aliphatic rings. The van der Waals surface area contributed by atoms with Gasteiger partial charge in [0.25, 0.3) is 0 Å². The molecule has 72 valence electrons. The second-order valence-corrected chi connectivity index (χ2v) is 4.21. The summed E-state index contributed by atoms with van der Waals surface area (Å²) < 4.78 is 0. The lowest BCUT2D eigenvalue weighted by atomic mass is 9.94. The largest absolute Gasteiger partial charge is 0.324 e. The van der Waals surface area contributed by atoms with E-state index < -0.39 is 0 Å². The van der Waals surface area contributed by atoms with Gasteiger partial charge in [-0.05, 0) is 36.1 Å². The summed E-state index contributed by atoms with van der Waals surface area (Å²) in [6, 6.07) is 5.98. The molecule has 1 atom stereocenters. The monoisotopic (exact) mass is 197 g/mol. The molecule has 0 heterocycles. The molecule has 0 aromatic heterocycles. The smallest absolute Gasteiger partial charge is 0.0408 e. The minimum atomic E-state index is 0.109. The maximum Gasteiger partial charge on any atom is 0.0408 e. The molecule has 2 heteroatoms. The molecule has 0 radical (unpaired) electrons. The van der Waals surface area contributed by atoms with Gasteiger partial charge in [-0.15, -0.1) is 0 Å². The molecule has 2 N–H and O–H groups in total. The summed E-state index contributed by atoms with van der Waals surface area (Å²) in [6.45, 7) is 6.29. The maximum atomic E-state index is 6.05. The van der Waals surface area contributed by atoms with Crippen LogP contribution in [0.25, 0.3) is 0 Å². The van der Waals surface area contributed by atoms with Crippen molar-refractivity contribution in [2.24, 2.45) is 11.7 Å². The highest BCUT2D eigenvalue weighted by Gasteiger charge is 2.12. The van der Waals surface area contributed by atoms with Crippen LogP contribution in [0.5, 0.6) is 0 Å². The fourth-order valence-corrected chi connectivity index (χ4v) is 1.60. The molecule has 0 amide bonds. The van der Waals surface area contributed by atoms with Crippen molar-refractivity contribution in [1.29, 1.82) is 0 Å². The van der Waals surface area contributed by atoms with E-state index >= 15 is 0 Å². The maximum absolute atomic E-state index is 6.05. The Morgan fingerprint density at radius 1 is 1.31 bits per heavy atom. The van der Waals surface area contributed by atoms with Crippen LogP contribution in [0.15, 0.2) is 18.2 Å². The van der Waals surface area contributed by atoms with E-state index in [2.05, 4.69) is 13.8 Å². The van der Waals surface area contributed by atoms with Crippen molar-refractivity contribution in [3.05, 3.63) is 34.3 Å². The molecule has 1 aromatic carbocycles. The van der Waals surface area contributed by atoms with Crippen LogP contribution in [0.1, 0.15) is 31.0 Å². The molecule has 0 aliphatic heterocycles. The molecule has 0 bridgehead atoms. The SMILES string of the molecule is Cc1cc(Cl)ccc1[C@H](N)C(C)C. The van der Waals surface area contributed by atoms with Crippen LogP contribution < -0.4 is 5.73 Å². The molecule has 0 unspecified atom stereocenters. The van der Waals surface area contributed by atoms with Crippen LogP contribution in [0, 0.1) is 12.8 Å². The summed E-state index contributed by atoms with van der Waals surface area (Å²) >= 11 is 5.86. The number of aryl methyl sites for hydroxylation is 1. The van der Waals surface area contributed by atoms with Crippen LogP contribution >= 0.6 is 11.6 Å². The molecule has 1 aromatic rings. The zero-order valence-corrected chi connectivity index (χ0v) is 9.10. The minimum absolute atomic E-state index is 0.109. The Hall–Kier alpha value is -0.530. The number of hydrogen-bond donors (Lipinski definition) is 1. The van der Waals surface area contributed by atoms with E-state index in [-0.39, 0.29) is 6.04 Å². The highest BCUT2D eigenvalue weighted by Crippen LogP contribution is 2.24. The minimum Gasteiger partial charge on any atom is -0.324 e. The van der Waals surface area contributed by atoms with Gasteiger partial charge in [-0.1, -0.05) is 31.5 Å². The van der Waals surface area contributed by atoms with E-state index in [9.17, 15) is 0 Å². The van der Waals surface area contributed by atoms with E-state index in [0.717, 1.165) is 5.02 Å². The summed E-state index contributed by atoms with van der Waals surface area (Å²) in [5.74, 6) is 0.458. The summed E-state index contributed by atoms with van der Waals surface area (Å²) in [7, 11) is 0. The average Bonchev–Trinajstić information content (AvgIpc) is 2.03. The van der Waals surface area contributed by atoms with Gasteiger partial charge in [-0.2, -0.15) is 0 Å². The summed E-state index contributed by atoms with van der Waals surface area (Å²) in [4.78, 5) is 0. The van der Waals surface area contributed by atoms with E-state index in [1.54, 1.807) is 0 Å². The number of benzene rings is 1. The molecule has 0 fully saturated rings. The third kappa shape index (κ3) is 2.45. The van der Waals surface area contributed by atoms with Gasteiger partial charge in [0.1, 0.15) is 0 Å². The number of hydrogen-bond acceptors (Lipinski definition) is 1. The molecular weight excluding hydrogens is 182 g/mol. The first-order valence-electron chi connectivity index (χ1n) is 4.54. The van der Waals surface area contributed by atoms with E-state index in [0.29, 0.717) is 5.92 Å². The Labute approximate surface area is 84.9 Å². The first-order chi connectivity index (χ1) is 6.02. The van der Waals surface area contributed by atoms with E-state index in [1.807, 2.05) is 25.1 Å². The predicted octanol–water partition coefficient (Wildman–Crippen LogP) is 3.30. The Bertz CT molecular complexity index is 294. The van der Waals surface area contributed by atoms with E-state index in [4.69, 9.17) is 17.3 Å². The fourth-order valence-electron chi connectivity index (χ4n) is 1.37. The van der Waals surface area contributed by atoms with Crippen molar-refractivity contribution in [2.75, 3.05) is 0 Å². The van der Waals surface area contributed by atoms with Gasteiger partial charge in [0.05, 0.1) is 0 Å². The van der Waals surface area contributed by atoms with Gasteiger partial charge in [-0.25, -0.2) is 0 Å². The quantitative estimate of drug-likeness (QED) is 0.774. The Morgan fingerprint density at radius 2 is 1.92 bits per heavy atom. The van der Waals surface area contributed by atoms with Gasteiger partial charge in [0, 0.05) is 11.1 Å². The second-order valence-electron chi connectivity index (χ2n) is 3.77. The molecule has 13 heavy (non-hydrogen) atoms. The zero-order valence-electron chi connectivity index (χ0n) is 8.34. The second kappa shape index (κ2) is 4.12. The highest BCUT2D eigenvalue weighted by atomic mass is 35.5. The zero-order chi connectivity index (χ0) is 10.0. The van der Waals surface area contributed by atoms with Gasteiger partial charge in [-0.3, -0.25) is 0 Å². The standard InChI is InChI=1S/C11H16ClN/c1-7(2)11(13)10-5-4-9(12)6-8(10)3/h4-7,11H,13H2,1-3H3/t11-/m1/s1. The van der Waals surface area contributed by atoms with Gasteiger partial charge >= 0.3 is 0 Å². The normalized spacial score (nSPS) is 13.4. The molecule has 0 saturated carbocycles. The van der Waals surface area contributed by atoms with Crippen molar-refractivity contribution in [2.45, 2.75) is 26.8 Å². The lowest BCUT2D eigenvalue weighted by molar-refractivity contribution is 0.512. The van der Waals surface area contributed by atoms with Crippen molar-refractivity contribution in [1.82, 2.24) is 0 Å². The van der Waals surface area contributed by atoms with Crippen LogP contribution in [0.4, 0.5) is 0 Å². The first kappa shape index (κ1) is 10.6. The molecule has 1 rings (SSSR count). The van der Waals surface area contributed by atoms with Gasteiger partial charge in [0.2, 0.25) is 0 Å². The lowest BCUT2D eigenvalue weighted by Crippen LogP contribution is -2.17. The van der Waals surface area contributed by atoms with Crippen molar-refractivity contribution in [3.63, 3.8) is 0 Å². The van der Waals surface area contributed by atoms with E-state index in [1.165, 1.54) is 11.1 Å². The van der Waals surface area contributed by atoms with Crippen LogP contribution in [-0.4, -0.2) is 0 Å².